The van der Waals surface area contributed by atoms with Crippen LogP contribution in [0.4, 0.5) is 0 Å². The number of benzene rings is 4. The largest absolute Gasteiger partial charge is 0.456 e. The van der Waals surface area contributed by atoms with E-state index < -0.39 is 0 Å². The van der Waals surface area contributed by atoms with Gasteiger partial charge in [0.15, 0.2) is 0 Å². The molecule has 0 aliphatic heterocycles. The second-order valence-electron chi connectivity index (χ2n) is 13.8. The van der Waals surface area contributed by atoms with Crippen LogP contribution in [0, 0.1) is 6.33 Å². The SMILES string of the molecule is Cn1[c-][n+](/C2=C/c3ccccc3-c3ccccc3C(Oc3cnc4c5ccccc5n(-c5cc(C(C)(C)C)ccn5)c4c3)=C2)c2ccccc21. The van der Waals surface area contributed by atoms with Crippen molar-refractivity contribution in [2.75, 3.05) is 0 Å². The van der Waals surface area contributed by atoms with E-state index in [0.717, 1.165) is 66.7 Å². The summed E-state index contributed by atoms with van der Waals surface area (Å²) in [5.74, 6) is 2.20. The number of aryl methyl sites for hydroxylation is 1. The van der Waals surface area contributed by atoms with Crippen molar-refractivity contribution in [3.63, 3.8) is 0 Å². The van der Waals surface area contributed by atoms with Gasteiger partial charge in [0.1, 0.15) is 17.3 Å². The third-order valence-electron chi connectivity index (χ3n) is 9.57. The normalized spacial score (nSPS) is 14.1. The molecule has 4 aromatic carbocycles. The maximum absolute atomic E-state index is 6.97. The Morgan fingerprint density at radius 2 is 1.42 bits per heavy atom. The van der Waals surface area contributed by atoms with Gasteiger partial charge in [-0.25, -0.2) is 4.98 Å². The highest BCUT2D eigenvalue weighted by molar-refractivity contribution is 6.07. The Balaban J connectivity index is 1.25. The molecule has 50 heavy (non-hydrogen) atoms. The minimum atomic E-state index is -0.0234. The van der Waals surface area contributed by atoms with Gasteiger partial charge in [-0.15, -0.1) is 0 Å². The lowest BCUT2D eigenvalue weighted by Gasteiger charge is -2.21. The lowest BCUT2D eigenvalue weighted by atomic mass is 9.88. The standard InChI is InChI=1S/C44H35N5O/c1-44(2,3)30-21-22-45-42(24-30)49-37-18-10-9-17-36(37)43-40(49)26-32(27-46-43)50-41-25-31(48-28-47(4)38-19-11-12-20-39(38)48)23-29-13-5-6-14-33(29)34-15-7-8-16-35(34)41/h5-27H,1-4H3/b29-23?,31-23+,31-25?,34-33?,41-25?,41-35?. The average Bonchev–Trinajstić information content (AvgIpc) is 3.64. The molecule has 242 valence electrons. The molecule has 1 aliphatic rings. The van der Waals surface area contributed by atoms with Crippen LogP contribution in [0.2, 0.25) is 0 Å². The molecule has 0 fully saturated rings. The highest BCUT2D eigenvalue weighted by atomic mass is 16.5. The summed E-state index contributed by atoms with van der Waals surface area (Å²) in [4.78, 5) is 9.87. The summed E-state index contributed by atoms with van der Waals surface area (Å²) in [6, 6.07) is 40.0. The van der Waals surface area contributed by atoms with Crippen molar-refractivity contribution in [3.05, 3.63) is 157 Å². The van der Waals surface area contributed by atoms with Crippen molar-refractivity contribution < 1.29 is 9.30 Å². The molecule has 4 aromatic heterocycles. The third-order valence-corrected chi connectivity index (χ3v) is 9.57. The van der Waals surface area contributed by atoms with E-state index in [1.165, 1.54) is 5.56 Å². The number of aromatic nitrogens is 5. The van der Waals surface area contributed by atoms with Crippen molar-refractivity contribution in [2.45, 2.75) is 26.2 Å². The molecule has 0 N–H and O–H groups in total. The van der Waals surface area contributed by atoms with E-state index in [2.05, 4.69) is 164 Å². The van der Waals surface area contributed by atoms with Gasteiger partial charge in [-0.3, -0.25) is 9.55 Å². The zero-order valence-electron chi connectivity index (χ0n) is 28.4. The van der Waals surface area contributed by atoms with Gasteiger partial charge < -0.3 is 13.9 Å². The van der Waals surface area contributed by atoms with E-state index in [-0.39, 0.29) is 5.41 Å². The predicted molar refractivity (Wildman–Crippen MR) is 202 cm³/mol. The first-order valence-electron chi connectivity index (χ1n) is 16.9. The summed E-state index contributed by atoms with van der Waals surface area (Å²) < 4.78 is 13.3. The number of rotatable bonds is 4. The van der Waals surface area contributed by atoms with Crippen molar-refractivity contribution in [1.82, 2.24) is 19.1 Å². The fourth-order valence-corrected chi connectivity index (χ4v) is 7.07. The first-order chi connectivity index (χ1) is 24.3. The van der Waals surface area contributed by atoms with Crippen LogP contribution in [0.5, 0.6) is 5.75 Å². The molecular formula is C44H35N5O. The Bertz CT molecular complexity index is 2680. The Kier molecular flexibility index (Phi) is 6.81. The third kappa shape index (κ3) is 4.91. The summed E-state index contributed by atoms with van der Waals surface area (Å²) >= 11 is 0. The number of imidazole rings is 1. The number of fused-ring (bicyclic) bond motifs is 7. The fourth-order valence-electron chi connectivity index (χ4n) is 7.07. The highest BCUT2D eigenvalue weighted by Crippen LogP contribution is 2.38. The van der Waals surface area contributed by atoms with E-state index in [1.54, 1.807) is 0 Å². The monoisotopic (exact) mass is 649 g/mol. The van der Waals surface area contributed by atoms with E-state index >= 15 is 0 Å². The Hall–Kier alpha value is -6.27. The number of ether oxygens (including phenoxy) is 1. The zero-order chi connectivity index (χ0) is 34.0. The molecule has 0 amide bonds. The highest BCUT2D eigenvalue weighted by Gasteiger charge is 2.22. The molecule has 4 heterocycles. The van der Waals surface area contributed by atoms with Gasteiger partial charge in [-0.1, -0.05) is 112 Å². The first-order valence-corrected chi connectivity index (χ1v) is 16.9. The van der Waals surface area contributed by atoms with Crippen LogP contribution in [0.25, 0.3) is 67.4 Å². The minimum Gasteiger partial charge on any atom is -0.456 e. The Morgan fingerprint density at radius 1 is 0.700 bits per heavy atom. The minimum absolute atomic E-state index is 0.0234. The second-order valence-corrected chi connectivity index (χ2v) is 13.8. The Morgan fingerprint density at radius 3 is 2.26 bits per heavy atom. The van der Waals surface area contributed by atoms with Crippen molar-refractivity contribution in [1.29, 1.82) is 0 Å². The van der Waals surface area contributed by atoms with Crippen LogP contribution in [0.15, 0.2) is 134 Å². The quantitative estimate of drug-likeness (QED) is 0.141. The molecule has 0 radical (unpaired) electrons. The molecule has 6 nitrogen and oxygen atoms in total. The van der Waals surface area contributed by atoms with Crippen LogP contribution in [-0.2, 0) is 12.5 Å². The van der Waals surface area contributed by atoms with Gasteiger partial charge in [-0.05, 0) is 58.0 Å². The number of nitrogens with zero attached hydrogens (tertiary/aromatic N) is 5. The average molecular weight is 650 g/mol. The van der Waals surface area contributed by atoms with Gasteiger partial charge >= 0.3 is 0 Å². The van der Waals surface area contributed by atoms with Crippen molar-refractivity contribution in [3.8, 4) is 22.7 Å². The van der Waals surface area contributed by atoms with E-state index in [1.807, 2.05) is 24.0 Å². The molecule has 0 atom stereocenters. The van der Waals surface area contributed by atoms with E-state index in [0.29, 0.717) is 11.5 Å². The maximum atomic E-state index is 6.97. The molecular weight excluding hydrogens is 615 g/mol. The van der Waals surface area contributed by atoms with Crippen LogP contribution in [0.1, 0.15) is 37.5 Å². The topological polar surface area (TPSA) is 48.8 Å². The van der Waals surface area contributed by atoms with Crippen LogP contribution >= 0.6 is 0 Å². The van der Waals surface area contributed by atoms with Gasteiger partial charge in [0.25, 0.3) is 0 Å². The molecule has 1 aliphatic carbocycles. The molecule has 0 spiro atoms. The second kappa shape index (κ2) is 11.4. The van der Waals surface area contributed by atoms with Gasteiger partial charge in [0, 0.05) is 23.2 Å². The molecule has 0 unspecified atom stereocenters. The number of allylic oxidation sites excluding steroid dienone is 2. The maximum Gasteiger partial charge on any atom is 0.244 e. The van der Waals surface area contributed by atoms with Crippen LogP contribution < -0.4 is 9.30 Å². The van der Waals surface area contributed by atoms with Crippen LogP contribution in [-0.4, -0.2) is 19.1 Å². The molecule has 0 saturated heterocycles. The van der Waals surface area contributed by atoms with Crippen molar-refractivity contribution >= 4 is 50.5 Å². The van der Waals surface area contributed by atoms with Gasteiger partial charge in [-0.2, -0.15) is 0 Å². The first kappa shape index (κ1) is 29.8. The number of hydrogen-bond donors (Lipinski definition) is 0. The lowest BCUT2D eigenvalue weighted by Crippen LogP contribution is -2.31. The zero-order valence-corrected chi connectivity index (χ0v) is 28.4. The summed E-state index contributed by atoms with van der Waals surface area (Å²) in [5, 5.41) is 1.07. The number of para-hydroxylation sites is 3. The Labute approximate surface area is 290 Å². The summed E-state index contributed by atoms with van der Waals surface area (Å²) in [7, 11) is 2.03. The molecule has 9 rings (SSSR count). The summed E-state index contributed by atoms with van der Waals surface area (Å²) in [6.45, 7) is 6.67. The van der Waals surface area contributed by atoms with E-state index in [4.69, 9.17) is 14.7 Å². The summed E-state index contributed by atoms with van der Waals surface area (Å²) in [5.41, 5.74) is 11.5. The molecule has 8 aromatic rings. The fraction of sp³-hybridized carbons (Fsp3) is 0.114. The van der Waals surface area contributed by atoms with Crippen LogP contribution in [0.3, 0.4) is 0 Å². The molecule has 0 saturated carbocycles. The molecule has 6 heteroatoms. The van der Waals surface area contributed by atoms with Gasteiger partial charge in [0.05, 0.1) is 46.5 Å². The van der Waals surface area contributed by atoms with Crippen molar-refractivity contribution in [2.24, 2.45) is 7.05 Å². The summed E-state index contributed by atoms with van der Waals surface area (Å²) in [6.07, 6.45) is 11.6. The number of hydrogen-bond acceptors (Lipinski definition) is 3. The smallest absolute Gasteiger partial charge is 0.244 e. The van der Waals surface area contributed by atoms with E-state index in [9.17, 15) is 0 Å². The molecule has 0 bridgehead atoms. The van der Waals surface area contributed by atoms with Gasteiger partial charge in [0.2, 0.25) is 6.33 Å². The number of pyridine rings is 2. The lowest BCUT2D eigenvalue weighted by molar-refractivity contribution is -0.554. The predicted octanol–water partition coefficient (Wildman–Crippen LogP) is 9.55.